The van der Waals surface area contributed by atoms with Gasteiger partial charge < -0.3 is 5.11 Å². The minimum atomic E-state index is -0.706. The van der Waals surface area contributed by atoms with E-state index in [1.807, 2.05) is 0 Å². The Balaban J connectivity index is 2.81. The Hall–Kier alpha value is -1.31. The molecule has 2 heteroatoms. The normalized spacial score (nSPS) is 10.8. The first-order valence-electron chi connectivity index (χ1n) is 6.38. The molecule has 1 aromatic carbocycles. The molecule has 1 aromatic rings. The number of carbonyl (C=O) groups is 1. The van der Waals surface area contributed by atoms with Crippen molar-refractivity contribution in [2.45, 2.75) is 52.4 Å². The zero-order chi connectivity index (χ0) is 12.8. The molecule has 0 aliphatic heterocycles. The zero-order valence-corrected chi connectivity index (χ0v) is 11.0. The molecule has 0 aromatic heterocycles. The van der Waals surface area contributed by atoms with Crippen molar-refractivity contribution in [1.82, 2.24) is 0 Å². The number of carboxylic acids is 1. The number of aryl methyl sites for hydroxylation is 2. The van der Waals surface area contributed by atoms with Crippen LogP contribution in [0.2, 0.25) is 0 Å². The van der Waals surface area contributed by atoms with Gasteiger partial charge in [-0.3, -0.25) is 4.79 Å². The summed E-state index contributed by atoms with van der Waals surface area (Å²) in [7, 11) is 0. The van der Waals surface area contributed by atoms with Crippen molar-refractivity contribution < 1.29 is 9.90 Å². The second-order valence-electron chi connectivity index (χ2n) is 4.79. The summed E-state index contributed by atoms with van der Waals surface area (Å²) >= 11 is 0. The number of rotatable bonds is 6. The molecule has 0 amide bonds. The van der Waals surface area contributed by atoms with Gasteiger partial charge in [-0.25, -0.2) is 0 Å². The summed E-state index contributed by atoms with van der Waals surface area (Å²) in [4.78, 5) is 10.5. The van der Waals surface area contributed by atoms with Crippen LogP contribution in [0.25, 0.3) is 0 Å². The molecule has 0 radical (unpaired) electrons. The second-order valence-corrected chi connectivity index (χ2v) is 4.79. The van der Waals surface area contributed by atoms with Gasteiger partial charge in [-0.1, -0.05) is 39.0 Å². The first kappa shape index (κ1) is 13.8. The van der Waals surface area contributed by atoms with Crippen molar-refractivity contribution in [3.8, 4) is 0 Å². The lowest BCUT2D eigenvalue weighted by Crippen LogP contribution is -2.01. The third kappa shape index (κ3) is 4.22. The maximum Gasteiger partial charge on any atom is 0.303 e. The van der Waals surface area contributed by atoms with E-state index in [4.69, 9.17) is 5.11 Å². The third-order valence-corrected chi connectivity index (χ3v) is 3.07. The Morgan fingerprint density at radius 3 is 2.59 bits per heavy atom. The molecule has 0 fully saturated rings. The van der Waals surface area contributed by atoms with Crippen molar-refractivity contribution in [2.24, 2.45) is 0 Å². The highest BCUT2D eigenvalue weighted by Crippen LogP contribution is 2.22. The van der Waals surface area contributed by atoms with E-state index in [2.05, 4.69) is 39.0 Å². The summed E-state index contributed by atoms with van der Waals surface area (Å²) in [6.07, 6.45) is 2.88. The zero-order valence-electron chi connectivity index (χ0n) is 11.0. The van der Waals surface area contributed by atoms with Crippen molar-refractivity contribution in [3.05, 3.63) is 34.9 Å². The minimum Gasteiger partial charge on any atom is -0.481 e. The van der Waals surface area contributed by atoms with Crippen LogP contribution in [-0.4, -0.2) is 11.1 Å². The Bertz CT molecular complexity index is 381. The molecule has 0 saturated heterocycles. The van der Waals surface area contributed by atoms with Crippen molar-refractivity contribution in [3.63, 3.8) is 0 Å². The van der Waals surface area contributed by atoms with Gasteiger partial charge in [0, 0.05) is 6.42 Å². The number of aliphatic carboxylic acids is 1. The molecule has 0 spiro atoms. The smallest absolute Gasteiger partial charge is 0.303 e. The molecule has 0 aliphatic rings. The lowest BCUT2D eigenvalue weighted by Gasteiger charge is -2.14. The van der Waals surface area contributed by atoms with Crippen molar-refractivity contribution in [2.75, 3.05) is 0 Å². The van der Waals surface area contributed by atoms with Gasteiger partial charge in [-0.2, -0.15) is 0 Å². The number of benzene rings is 1. The van der Waals surface area contributed by atoms with Crippen LogP contribution in [0.4, 0.5) is 0 Å². The van der Waals surface area contributed by atoms with Gasteiger partial charge >= 0.3 is 5.97 Å². The monoisotopic (exact) mass is 234 g/mol. The van der Waals surface area contributed by atoms with E-state index < -0.39 is 5.97 Å². The van der Waals surface area contributed by atoms with Crippen molar-refractivity contribution >= 4 is 5.97 Å². The maximum absolute atomic E-state index is 10.5. The average Bonchev–Trinajstić information content (AvgIpc) is 2.28. The molecule has 17 heavy (non-hydrogen) atoms. The van der Waals surface area contributed by atoms with Gasteiger partial charge in [-0.05, 0) is 41.9 Å². The third-order valence-electron chi connectivity index (χ3n) is 3.07. The predicted molar refractivity (Wildman–Crippen MR) is 70.5 cm³/mol. The number of hydrogen-bond acceptors (Lipinski definition) is 1. The standard InChI is InChI=1S/C15H22O2/c1-4-12-8-9-14(11(2)3)13(10-12)6-5-7-15(16)17/h8-11H,4-7H2,1-3H3,(H,16,17). The molecule has 2 nitrogen and oxygen atoms in total. The molecular weight excluding hydrogens is 212 g/mol. The molecule has 0 unspecified atom stereocenters. The fourth-order valence-electron chi connectivity index (χ4n) is 2.09. The topological polar surface area (TPSA) is 37.3 Å². The summed E-state index contributed by atoms with van der Waals surface area (Å²) in [5.41, 5.74) is 4.01. The molecule has 0 aliphatic carbocycles. The van der Waals surface area contributed by atoms with Crippen LogP contribution < -0.4 is 0 Å². The average molecular weight is 234 g/mol. The summed E-state index contributed by atoms with van der Waals surface area (Å²) in [6, 6.07) is 6.60. The van der Waals surface area contributed by atoms with E-state index in [-0.39, 0.29) is 6.42 Å². The summed E-state index contributed by atoms with van der Waals surface area (Å²) in [5.74, 6) is -0.205. The molecule has 1 N–H and O–H groups in total. The van der Waals surface area contributed by atoms with Crippen LogP contribution in [0.5, 0.6) is 0 Å². The maximum atomic E-state index is 10.5. The Morgan fingerprint density at radius 2 is 2.06 bits per heavy atom. The summed E-state index contributed by atoms with van der Waals surface area (Å²) < 4.78 is 0. The molecule has 0 saturated carbocycles. The molecular formula is C15H22O2. The van der Waals surface area contributed by atoms with E-state index >= 15 is 0 Å². The van der Waals surface area contributed by atoms with E-state index in [1.54, 1.807) is 0 Å². The molecule has 0 atom stereocenters. The number of carboxylic acid groups (broad SMARTS) is 1. The van der Waals surface area contributed by atoms with Gasteiger partial charge in [-0.15, -0.1) is 0 Å². The summed E-state index contributed by atoms with van der Waals surface area (Å²) in [5, 5.41) is 8.67. The van der Waals surface area contributed by atoms with Gasteiger partial charge in [0.1, 0.15) is 0 Å². The van der Waals surface area contributed by atoms with Gasteiger partial charge in [0.2, 0.25) is 0 Å². The van der Waals surface area contributed by atoms with Crippen LogP contribution in [0.15, 0.2) is 18.2 Å². The first-order valence-corrected chi connectivity index (χ1v) is 6.38. The lowest BCUT2D eigenvalue weighted by molar-refractivity contribution is -0.137. The van der Waals surface area contributed by atoms with E-state index in [0.717, 1.165) is 19.3 Å². The fourth-order valence-corrected chi connectivity index (χ4v) is 2.09. The molecule has 0 bridgehead atoms. The van der Waals surface area contributed by atoms with Crippen LogP contribution in [-0.2, 0) is 17.6 Å². The number of hydrogen-bond donors (Lipinski definition) is 1. The van der Waals surface area contributed by atoms with Gasteiger partial charge in [0.25, 0.3) is 0 Å². The highest BCUT2D eigenvalue weighted by molar-refractivity contribution is 5.66. The van der Waals surface area contributed by atoms with Crippen LogP contribution >= 0.6 is 0 Å². The van der Waals surface area contributed by atoms with Crippen molar-refractivity contribution in [1.29, 1.82) is 0 Å². The summed E-state index contributed by atoms with van der Waals surface area (Å²) in [6.45, 7) is 6.51. The largest absolute Gasteiger partial charge is 0.481 e. The second kappa shape index (κ2) is 6.43. The quantitative estimate of drug-likeness (QED) is 0.813. The molecule has 0 heterocycles. The Labute approximate surface area is 104 Å². The Morgan fingerprint density at radius 1 is 1.35 bits per heavy atom. The Kier molecular flexibility index (Phi) is 5.20. The first-order chi connectivity index (χ1) is 8.04. The molecule has 94 valence electrons. The highest BCUT2D eigenvalue weighted by atomic mass is 16.4. The van der Waals surface area contributed by atoms with E-state index in [1.165, 1.54) is 16.7 Å². The van der Waals surface area contributed by atoms with Gasteiger partial charge in [0.15, 0.2) is 0 Å². The van der Waals surface area contributed by atoms with Crippen LogP contribution in [0, 0.1) is 0 Å². The fraction of sp³-hybridized carbons (Fsp3) is 0.533. The lowest BCUT2D eigenvalue weighted by atomic mass is 9.92. The SMILES string of the molecule is CCc1ccc(C(C)C)c(CCCC(=O)O)c1. The minimum absolute atomic E-state index is 0.258. The highest BCUT2D eigenvalue weighted by Gasteiger charge is 2.08. The predicted octanol–water partition coefficient (Wildman–Crippen LogP) is 3.78. The van der Waals surface area contributed by atoms with Crippen LogP contribution in [0.3, 0.4) is 0 Å². The molecule has 1 rings (SSSR count). The van der Waals surface area contributed by atoms with E-state index in [0.29, 0.717) is 5.92 Å². The van der Waals surface area contributed by atoms with Crippen LogP contribution in [0.1, 0.15) is 56.2 Å². The van der Waals surface area contributed by atoms with E-state index in [9.17, 15) is 4.79 Å². The van der Waals surface area contributed by atoms with Gasteiger partial charge in [0.05, 0.1) is 0 Å².